The highest BCUT2D eigenvalue weighted by Gasteiger charge is 2.43. The Morgan fingerprint density at radius 2 is 1.62 bits per heavy atom. The summed E-state index contributed by atoms with van der Waals surface area (Å²) in [5, 5.41) is 6.99. The predicted octanol–water partition coefficient (Wildman–Crippen LogP) is 5.76. The van der Waals surface area contributed by atoms with Gasteiger partial charge in [-0.1, -0.05) is 42.5 Å². The maximum Gasteiger partial charge on any atom is 0.586 e. The Hall–Kier alpha value is -4.27. The van der Waals surface area contributed by atoms with E-state index in [0.29, 0.717) is 16.8 Å². The van der Waals surface area contributed by atoms with Gasteiger partial charge in [0.2, 0.25) is 0 Å². The average molecular weight is 437 g/mol. The number of carbonyl (C=O) groups is 1. The van der Waals surface area contributed by atoms with Crippen molar-refractivity contribution in [1.82, 2.24) is 9.78 Å². The lowest BCUT2D eigenvalue weighted by molar-refractivity contribution is -0.286. The summed E-state index contributed by atoms with van der Waals surface area (Å²) in [7, 11) is 0. The number of alkyl halides is 2. The first-order valence-corrected chi connectivity index (χ1v) is 9.50. The fourth-order valence-corrected chi connectivity index (χ4v) is 3.34. The topological polar surface area (TPSA) is 65.4 Å². The number of hydrogen-bond donors (Lipinski definition) is 1. The SMILES string of the molecule is O=C(Nc1ccc2c(c1)OC(F)(F)O2)n1cc(-c2ccc(F)cc2)c(-c2ccccc2)n1. The molecule has 5 rings (SSSR count). The van der Waals surface area contributed by atoms with Crippen molar-refractivity contribution in [2.45, 2.75) is 6.29 Å². The summed E-state index contributed by atoms with van der Waals surface area (Å²) >= 11 is 0. The van der Waals surface area contributed by atoms with E-state index in [1.54, 1.807) is 12.1 Å². The van der Waals surface area contributed by atoms with E-state index in [4.69, 9.17) is 0 Å². The summed E-state index contributed by atoms with van der Waals surface area (Å²) in [6.07, 6.45) is -2.23. The molecule has 0 unspecified atom stereocenters. The largest absolute Gasteiger partial charge is 0.586 e. The number of ether oxygens (including phenoxy) is 2. The molecule has 1 aromatic heterocycles. The molecule has 0 spiro atoms. The number of hydrogen-bond acceptors (Lipinski definition) is 4. The molecule has 0 atom stereocenters. The fourth-order valence-electron chi connectivity index (χ4n) is 3.34. The van der Waals surface area contributed by atoms with Crippen LogP contribution in [0.25, 0.3) is 22.4 Å². The zero-order valence-corrected chi connectivity index (χ0v) is 16.3. The number of carbonyl (C=O) groups excluding carboxylic acids is 1. The second kappa shape index (κ2) is 7.45. The molecule has 32 heavy (non-hydrogen) atoms. The molecule has 0 saturated heterocycles. The van der Waals surface area contributed by atoms with Crippen molar-refractivity contribution in [2.75, 3.05) is 5.32 Å². The highest BCUT2D eigenvalue weighted by molar-refractivity contribution is 5.93. The Labute approximate surface area is 179 Å². The number of halogens is 3. The third kappa shape index (κ3) is 3.76. The van der Waals surface area contributed by atoms with Gasteiger partial charge in [-0.2, -0.15) is 9.78 Å². The van der Waals surface area contributed by atoms with Gasteiger partial charge in [-0.25, -0.2) is 9.18 Å². The Bertz CT molecular complexity index is 1310. The van der Waals surface area contributed by atoms with Crippen molar-refractivity contribution in [2.24, 2.45) is 0 Å². The van der Waals surface area contributed by atoms with Crippen LogP contribution in [0, 0.1) is 5.82 Å². The number of fused-ring (bicyclic) bond motifs is 1. The van der Waals surface area contributed by atoms with Gasteiger partial charge in [0.1, 0.15) is 11.5 Å². The van der Waals surface area contributed by atoms with Crippen LogP contribution in [0.2, 0.25) is 0 Å². The van der Waals surface area contributed by atoms with Gasteiger partial charge in [0.15, 0.2) is 11.5 Å². The van der Waals surface area contributed by atoms with Crippen molar-refractivity contribution in [3.05, 3.63) is 84.8 Å². The highest BCUT2D eigenvalue weighted by atomic mass is 19.3. The van der Waals surface area contributed by atoms with Gasteiger partial charge >= 0.3 is 12.3 Å². The third-order valence-electron chi connectivity index (χ3n) is 4.78. The first-order chi connectivity index (χ1) is 15.4. The molecule has 0 bridgehead atoms. The van der Waals surface area contributed by atoms with E-state index in [1.807, 2.05) is 30.3 Å². The van der Waals surface area contributed by atoms with Crippen molar-refractivity contribution < 1.29 is 27.4 Å². The maximum absolute atomic E-state index is 13.4. The molecule has 1 amide bonds. The summed E-state index contributed by atoms with van der Waals surface area (Å²) in [4.78, 5) is 12.8. The van der Waals surface area contributed by atoms with Gasteiger partial charge < -0.3 is 14.8 Å². The number of nitrogens with one attached hydrogen (secondary N) is 1. The lowest BCUT2D eigenvalue weighted by atomic mass is 10.0. The quantitative estimate of drug-likeness (QED) is 0.443. The number of anilines is 1. The van der Waals surface area contributed by atoms with Crippen LogP contribution < -0.4 is 14.8 Å². The average Bonchev–Trinajstić information content (AvgIpc) is 3.35. The van der Waals surface area contributed by atoms with E-state index in [2.05, 4.69) is 19.9 Å². The minimum Gasteiger partial charge on any atom is -0.395 e. The molecule has 0 aliphatic carbocycles. The standard InChI is InChI=1S/C23H14F3N3O3/c24-16-8-6-14(7-9-16)18-13-29(28-21(18)15-4-2-1-3-5-15)22(30)27-17-10-11-19-20(12-17)32-23(25,26)31-19/h1-13H,(H,27,30). The summed E-state index contributed by atoms with van der Waals surface area (Å²) in [5.41, 5.74) is 2.81. The minimum absolute atomic E-state index is 0.128. The van der Waals surface area contributed by atoms with Crippen molar-refractivity contribution in [1.29, 1.82) is 0 Å². The van der Waals surface area contributed by atoms with E-state index < -0.39 is 12.3 Å². The monoisotopic (exact) mass is 437 g/mol. The number of rotatable bonds is 3. The molecular formula is C23H14F3N3O3. The van der Waals surface area contributed by atoms with Gasteiger partial charge in [-0.05, 0) is 29.8 Å². The first-order valence-electron chi connectivity index (χ1n) is 9.50. The second-order valence-electron chi connectivity index (χ2n) is 6.97. The fraction of sp³-hybridized carbons (Fsp3) is 0.0435. The predicted molar refractivity (Wildman–Crippen MR) is 110 cm³/mol. The van der Waals surface area contributed by atoms with Crippen LogP contribution in [0.3, 0.4) is 0 Å². The molecule has 160 valence electrons. The van der Waals surface area contributed by atoms with E-state index in [9.17, 15) is 18.0 Å². The molecule has 3 aromatic carbocycles. The van der Waals surface area contributed by atoms with Crippen LogP contribution in [-0.2, 0) is 0 Å². The van der Waals surface area contributed by atoms with Gasteiger partial charge in [0.05, 0.1) is 0 Å². The van der Waals surface area contributed by atoms with Crippen molar-refractivity contribution in [3.63, 3.8) is 0 Å². The molecule has 0 fully saturated rings. The molecule has 1 aliphatic heterocycles. The minimum atomic E-state index is -3.75. The van der Waals surface area contributed by atoms with E-state index in [-0.39, 0.29) is 23.0 Å². The normalized spacial score (nSPS) is 13.7. The van der Waals surface area contributed by atoms with Crippen LogP contribution in [0.5, 0.6) is 11.5 Å². The van der Waals surface area contributed by atoms with Crippen molar-refractivity contribution in [3.8, 4) is 33.9 Å². The van der Waals surface area contributed by atoms with Crippen LogP contribution in [0.1, 0.15) is 0 Å². The summed E-state index contributed by atoms with van der Waals surface area (Å²) < 4.78 is 49.7. The molecule has 2 heterocycles. The van der Waals surface area contributed by atoms with Gasteiger partial charge in [0, 0.05) is 29.1 Å². The van der Waals surface area contributed by atoms with Crippen LogP contribution in [0.4, 0.5) is 23.7 Å². The lowest BCUT2D eigenvalue weighted by Gasteiger charge is -2.05. The Kier molecular flexibility index (Phi) is 4.58. The molecule has 6 nitrogen and oxygen atoms in total. The van der Waals surface area contributed by atoms with Crippen LogP contribution >= 0.6 is 0 Å². The number of nitrogens with zero attached hydrogens (tertiary/aromatic N) is 2. The molecule has 0 radical (unpaired) electrons. The lowest BCUT2D eigenvalue weighted by Crippen LogP contribution is -2.25. The zero-order valence-electron chi connectivity index (χ0n) is 16.3. The smallest absolute Gasteiger partial charge is 0.395 e. The zero-order chi connectivity index (χ0) is 22.3. The van der Waals surface area contributed by atoms with Gasteiger partial charge in [-0.15, -0.1) is 8.78 Å². The maximum atomic E-state index is 13.4. The first kappa shape index (κ1) is 19.7. The third-order valence-corrected chi connectivity index (χ3v) is 4.78. The Morgan fingerprint density at radius 3 is 2.38 bits per heavy atom. The van der Waals surface area contributed by atoms with Crippen LogP contribution in [-0.4, -0.2) is 22.1 Å². The molecule has 1 aliphatic rings. The number of aromatic nitrogens is 2. The van der Waals surface area contributed by atoms with Crippen LogP contribution in [0.15, 0.2) is 79.0 Å². The Balaban J connectivity index is 1.47. The molecule has 1 N–H and O–H groups in total. The Morgan fingerprint density at radius 1 is 0.906 bits per heavy atom. The van der Waals surface area contributed by atoms with E-state index in [1.165, 1.54) is 36.5 Å². The van der Waals surface area contributed by atoms with Gasteiger partial charge in [0.25, 0.3) is 0 Å². The van der Waals surface area contributed by atoms with Crippen molar-refractivity contribution >= 4 is 11.7 Å². The molecule has 4 aromatic rings. The summed E-state index contributed by atoms with van der Waals surface area (Å²) in [6.45, 7) is 0. The number of amides is 1. The molecule has 0 saturated carbocycles. The van der Waals surface area contributed by atoms with E-state index >= 15 is 0 Å². The number of benzene rings is 3. The second-order valence-corrected chi connectivity index (χ2v) is 6.97. The van der Waals surface area contributed by atoms with E-state index in [0.717, 1.165) is 10.2 Å². The summed E-state index contributed by atoms with van der Waals surface area (Å²) in [5.74, 6) is -0.698. The molecular weight excluding hydrogens is 423 g/mol. The highest BCUT2D eigenvalue weighted by Crippen LogP contribution is 2.42. The van der Waals surface area contributed by atoms with Gasteiger partial charge in [-0.3, -0.25) is 0 Å². The molecule has 9 heteroatoms. The summed E-state index contributed by atoms with van der Waals surface area (Å²) in [6, 6.07) is 18.3.